The number of aliphatic hydroxyl groups is 1. The van der Waals surface area contributed by atoms with Crippen LogP contribution in [0.5, 0.6) is 0 Å². The summed E-state index contributed by atoms with van der Waals surface area (Å²) in [7, 11) is 0. The molecule has 1 nitrogen and oxygen atoms in total. The Morgan fingerprint density at radius 1 is 1.35 bits per heavy atom. The number of rotatable bonds is 1. The minimum atomic E-state index is -0.0766. The van der Waals surface area contributed by atoms with E-state index in [-0.39, 0.29) is 11.5 Å². The van der Waals surface area contributed by atoms with Gasteiger partial charge in [-0.2, -0.15) is 0 Å². The van der Waals surface area contributed by atoms with Crippen LogP contribution in [0, 0.1) is 35.0 Å². The van der Waals surface area contributed by atoms with Crippen LogP contribution in [-0.2, 0) is 0 Å². The van der Waals surface area contributed by atoms with Gasteiger partial charge < -0.3 is 5.11 Å². The van der Waals surface area contributed by atoms with Crippen molar-refractivity contribution in [1.82, 2.24) is 0 Å². The second-order valence-electron chi connectivity index (χ2n) is 7.27. The van der Waals surface area contributed by atoms with Crippen molar-refractivity contribution in [3.05, 3.63) is 11.6 Å². The number of hydrogen-bond acceptors (Lipinski definition) is 1. The second kappa shape index (κ2) is 3.60. The van der Waals surface area contributed by atoms with Crippen LogP contribution >= 0.6 is 0 Å². The van der Waals surface area contributed by atoms with Crippen molar-refractivity contribution < 1.29 is 5.11 Å². The number of allylic oxidation sites excluding steroid dienone is 2. The Morgan fingerprint density at radius 3 is 2.71 bits per heavy atom. The lowest BCUT2D eigenvalue weighted by Crippen LogP contribution is -2.49. The molecular formula is C16H26O. The van der Waals surface area contributed by atoms with Crippen molar-refractivity contribution >= 4 is 0 Å². The molecule has 1 heteroatoms. The molecule has 0 amide bonds. The number of hydrogen-bond donors (Lipinski definition) is 1. The molecule has 0 spiro atoms. The van der Waals surface area contributed by atoms with Crippen molar-refractivity contribution in [3.63, 3.8) is 0 Å². The third-order valence-corrected chi connectivity index (χ3v) is 6.44. The normalized spacial score (nSPS) is 52.8. The molecule has 0 aromatic carbocycles. The van der Waals surface area contributed by atoms with Gasteiger partial charge in [0.25, 0.3) is 0 Å². The van der Waals surface area contributed by atoms with E-state index in [9.17, 15) is 5.11 Å². The molecule has 0 saturated heterocycles. The van der Waals surface area contributed by atoms with Crippen molar-refractivity contribution in [1.29, 1.82) is 0 Å². The average molecular weight is 234 g/mol. The Hall–Kier alpha value is -0.300. The molecule has 3 aliphatic rings. The van der Waals surface area contributed by atoms with Crippen molar-refractivity contribution in [2.24, 2.45) is 35.0 Å². The maximum Gasteiger partial charge on any atom is 0.0605 e. The molecule has 96 valence electrons. The molecule has 3 rings (SSSR count). The predicted octanol–water partition coefficient (Wildman–Crippen LogP) is 3.63. The molecule has 6 atom stereocenters. The van der Waals surface area contributed by atoms with Gasteiger partial charge in [0.2, 0.25) is 0 Å². The van der Waals surface area contributed by atoms with Gasteiger partial charge in [-0.3, -0.25) is 0 Å². The van der Waals surface area contributed by atoms with E-state index >= 15 is 0 Å². The zero-order valence-electron chi connectivity index (χ0n) is 11.6. The summed E-state index contributed by atoms with van der Waals surface area (Å²) in [6.07, 6.45) is 5.96. The van der Waals surface area contributed by atoms with E-state index in [2.05, 4.69) is 33.8 Å². The smallest absolute Gasteiger partial charge is 0.0605 e. The zero-order chi connectivity index (χ0) is 12.4. The maximum absolute atomic E-state index is 10.7. The van der Waals surface area contributed by atoms with Crippen LogP contribution in [0.1, 0.15) is 47.0 Å². The molecule has 0 heterocycles. The van der Waals surface area contributed by atoms with Crippen LogP contribution in [0.2, 0.25) is 0 Å². The van der Waals surface area contributed by atoms with E-state index in [1.807, 2.05) is 0 Å². The summed E-state index contributed by atoms with van der Waals surface area (Å²) in [4.78, 5) is 0. The summed E-state index contributed by atoms with van der Waals surface area (Å²) in [5.41, 5.74) is 1.74. The Bertz CT molecular complexity index is 357. The van der Waals surface area contributed by atoms with Crippen molar-refractivity contribution in [2.45, 2.75) is 53.1 Å². The summed E-state index contributed by atoms with van der Waals surface area (Å²) in [6.45, 7) is 9.31. The lowest BCUT2D eigenvalue weighted by atomic mass is 9.56. The average Bonchev–Trinajstić information content (AvgIpc) is 2.38. The molecule has 3 aliphatic carbocycles. The van der Waals surface area contributed by atoms with Gasteiger partial charge in [-0.25, -0.2) is 0 Å². The van der Waals surface area contributed by atoms with E-state index in [1.165, 1.54) is 12.8 Å². The summed E-state index contributed by atoms with van der Waals surface area (Å²) >= 11 is 0. The second-order valence-corrected chi connectivity index (χ2v) is 7.27. The van der Waals surface area contributed by atoms with Crippen LogP contribution in [0.4, 0.5) is 0 Å². The summed E-state index contributed by atoms with van der Waals surface area (Å²) in [5.74, 6) is 3.73. The van der Waals surface area contributed by atoms with Crippen LogP contribution in [-0.4, -0.2) is 11.2 Å². The molecule has 2 fully saturated rings. The lowest BCUT2D eigenvalue weighted by Gasteiger charge is -2.50. The predicted molar refractivity (Wildman–Crippen MR) is 70.5 cm³/mol. The van der Waals surface area contributed by atoms with Gasteiger partial charge >= 0.3 is 0 Å². The van der Waals surface area contributed by atoms with Gasteiger partial charge in [0.1, 0.15) is 0 Å². The van der Waals surface area contributed by atoms with Gasteiger partial charge in [-0.1, -0.05) is 32.4 Å². The molecule has 4 bridgehead atoms. The highest BCUT2D eigenvalue weighted by Crippen LogP contribution is 2.66. The Labute approximate surface area is 105 Å². The highest BCUT2D eigenvalue weighted by molar-refractivity contribution is 5.24. The van der Waals surface area contributed by atoms with E-state index in [0.717, 1.165) is 30.1 Å². The van der Waals surface area contributed by atoms with E-state index in [4.69, 9.17) is 0 Å². The minimum Gasteiger partial charge on any atom is -0.393 e. The molecule has 0 aromatic rings. The first-order valence-corrected chi connectivity index (χ1v) is 7.31. The highest BCUT2D eigenvalue weighted by atomic mass is 16.3. The van der Waals surface area contributed by atoms with E-state index in [0.29, 0.717) is 5.92 Å². The molecular weight excluding hydrogens is 208 g/mol. The minimum absolute atomic E-state index is 0.0766. The first-order valence-electron chi connectivity index (χ1n) is 7.31. The molecule has 0 radical (unpaired) electrons. The van der Waals surface area contributed by atoms with Gasteiger partial charge in [0, 0.05) is 5.41 Å². The summed E-state index contributed by atoms with van der Waals surface area (Å²) in [6, 6.07) is 0. The fraction of sp³-hybridized carbons (Fsp3) is 0.875. The Morgan fingerprint density at radius 2 is 2.06 bits per heavy atom. The molecule has 17 heavy (non-hydrogen) atoms. The third kappa shape index (κ3) is 1.35. The van der Waals surface area contributed by atoms with Gasteiger partial charge in [0.05, 0.1) is 6.10 Å². The lowest BCUT2D eigenvalue weighted by molar-refractivity contribution is -0.0798. The van der Waals surface area contributed by atoms with Crippen LogP contribution < -0.4 is 0 Å². The van der Waals surface area contributed by atoms with Crippen molar-refractivity contribution in [3.8, 4) is 0 Å². The standard InChI is InChI=1S/C16H26O/c1-9(2)11-8-15(17)16(4)13-6-5-10(3)14(16)7-12(11)13/h5,9,11-15,17H,6-8H2,1-4H3/t11-,12-,13-,14-,15+,16+/m1/s1. The maximum atomic E-state index is 10.7. The van der Waals surface area contributed by atoms with Gasteiger partial charge in [-0.15, -0.1) is 0 Å². The zero-order valence-corrected chi connectivity index (χ0v) is 11.6. The first kappa shape index (κ1) is 11.8. The van der Waals surface area contributed by atoms with E-state index < -0.39 is 0 Å². The molecule has 0 aromatic heterocycles. The number of aliphatic hydroxyl groups excluding tert-OH is 1. The fourth-order valence-corrected chi connectivity index (χ4v) is 5.38. The Balaban J connectivity index is 2.01. The molecule has 2 saturated carbocycles. The fourth-order valence-electron chi connectivity index (χ4n) is 5.38. The summed E-state index contributed by atoms with van der Waals surface area (Å²) in [5, 5.41) is 10.7. The van der Waals surface area contributed by atoms with Crippen molar-refractivity contribution in [2.75, 3.05) is 0 Å². The molecule has 1 N–H and O–H groups in total. The topological polar surface area (TPSA) is 20.2 Å². The third-order valence-electron chi connectivity index (χ3n) is 6.44. The van der Waals surface area contributed by atoms with Crippen LogP contribution in [0.15, 0.2) is 11.6 Å². The van der Waals surface area contributed by atoms with Gasteiger partial charge in [-0.05, 0) is 55.8 Å². The highest BCUT2D eigenvalue weighted by Gasteiger charge is 2.62. The molecule has 0 unspecified atom stereocenters. The Kier molecular flexibility index (Phi) is 2.49. The largest absolute Gasteiger partial charge is 0.393 e. The van der Waals surface area contributed by atoms with Crippen LogP contribution in [0.25, 0.3) is 0 Å². The summed E-state index contributed by atoms with van der Waals surface area (Å²) < 4.78 is 0. The first-order chi connectivity index (χ1) is 7.96. The van der Waals surface area contributed by atoms with E-state index in [1.54, 1.807) is 5.57 Å². The van der Waals surface area contributed by atoms with Gasteiger partial charge in [0.15, 0.2) is 0 Å². The quantitative estimate of drug-likeness (QED) is 0.687. The monoisotopic (exact) mass is 234 g/mol. The van der Waals surface area contributed by atoms with Crippen LogP contribution in [0.3, 0.4) is 0 Å². The SMILES string of the molecule is CC1=CC[C@@H]2[C@@H]3C[C@H]1[C@@]2(C)[C@@H](O)C[C@@H]3C(C)C. The molecule has 0 aliphatic heterocycles.